The maximum absolute atomic E-state index is 11.5. The summed E-state index contributed by atoms with van der Waals surface area (Å²) in [6.45, 7) is -0.0617. The zero-order valence-electron chi connectivity index (χ0n) is 10.4. The summed E-state index contributed by atoms with van der Waals surface area (Å²) in [4.78, 5) is 8.02. The van der Waals surface area contributed by atoms with Crippen LogP contribution in [0.2, 0.25) is 0 Å². The fourth-order valence-corrected chi connectivity index (χ4v) is 1.79. The van der Waals surface area contributed by atoms with Gasteiger partial charge < -0.3 is 4.52 Å². The molecule has 0 unspecified atom stereocenters. The van der Waals surface area contributed by atoms with E-state index in [1.165, 1.54) is 14.1 Å². The summed E-state index contributed by atoms with van der Waals surface area (Å²) in [6, 6.07) is 3.53. The van der Waals surface area contributed by atoms with Crippen molar-refractivity contribution in [1.82, 2.24) is 24.2 Å². The zero-order chi connectivity index (χ0) is 13.9. The standard InChI is InChI=1S/C10H13N5O3S/c1-15(2)19(16,17)12-7-9-13-10(14-18-9)8-4-3-5-11-6-8/h3-6,12H,7H2,1-2H3. The molecule has 2 heterocycles. The van der Waals surface area contributed by atoms with Gasteiger partial charge in [0.2, 0.25) is 11.7 Å². The van der Waals surface area contributed by atoms with Crippen LogP contribution in [0.3, 0.4) is 0 Å². The predicted molar refractivity (Wildman–Crippen MR) is 67.0 cm³/mol. The van der Waals surface area contributed by atoms with Gasteiger partial charge in [-0.05, 0) is 12.1 Å². The monoisotopic (exact) mass is 283 g/mol. The zero-order valence-corrected chi connectivity index (χ0v) is 11.3. The first-order valence-corrected chi connectivity index (χ1v) is 6.83. The van der Waals surface area contributed by atoms with Gasteiger partial charge in [-0.25, -0.2) is 0 Å². The van der Waals surface area contributed by atoms with Crippen LogP contribution in [-0.4, -0.2) is 41.9 Å². The van der Waals surface area contributed by atoms with Crippen LogP contribution in [-0.2, 0) is 16.8 Å². The van der Waals surface area contributed by atoms with E-state index in [-0.39, 0.29) is 12.4 Å². The van der Waals surface area contributed by atoms with E-state index in [1.54, 1.807) is 24.5 Å². The van der Waals surface area contributed by atoms with E-state index in [2.05, 4.69) is 19.8 Å². The molecule has 0 saturated carbocycles. The number of hydrogen-bond donors (Lipinski definition) is 1. The van der Waals surface area contributed by atoms with Crippen LogP contribution in [0.5, 0.6) is 0 Å². The fourth-order valence-electron chi connectivity index (χ4n) is 1.22. The van der Waals surface area contributed by atoms with Gasteiger partial charge in [0.05, 0.1) is 6.54 Å². The Balaban J connectivity index is 2.07. The first kappa shape index (κ1) is 13.6. The molecule has 0 bridgehead atoms. The van der Waals surface area contributed by atoms with E-state index >= 15 is 0 Å². The average Bonchev–Trinajstić information content (AvgIpc) is 2.86. The van der Waals surface area contributed by atoms with E-state index in [4.69, 9.17) is 4.52 Å². The van der Waals surface area contributed by atoms with Crippen molar-refractivity contribution in [2.45, 2.75) is 6.54 Å². The molecule has 0 atom stereocenters. The molecule has 0 radical (unpaired) electrons. The molecule has 9 heteroatoms. The second kappa shape index (κ2) is 5.43. The first-order valence-electron chi connectivity index (χ1n) is 5.39. The van der Waals surface area contributed by atoms with Crippen LogP contribution in [0.15, 0.2) is 29.0 Å². The third kappa shape index (κ3) is 3.34. The van der Waals surface area contributed by atoms with Crippen molar-refractivity contribution in [3.05, 3.63) is 30.4 Å². The molecule has 19 heavy (non-hydrogen) atoms. The van der Waals surface area contributed by atoms with Crippen molar-refractivity contribution in [1.29, 1.82) is 0 Å². The third-order valence-corrected chi connectivity index (χ3v) is 3.74. The van der Waals surface area contributed by atoms with E-state index < -0.39 is 10.2 Å². The molecule has 0 saturated heterocycles. The lowest BCUT2D eigenvalue weighted by Gasteiger charge is -2.10. The largest absolute Gasteiger partial charge is 0.338 e. The van der Waals surface area contributed by atoms with Gasteiger partial charge in [0.15, 0.2) is 0 Å². The van der Waals surface area contributed by atoms with Gasteiger partial charge in [0.1, 0.15) is 0 Å². The highest BCUT2D eigenvalue weighted by molar-refractivity contribution is 7.87. The second-order valence-electron chi connectivity index (χ2n) is 3.86. The van der Waals surface area contributed by atoms with Gasteiger partial charge >= 0.3 is 0 Å². The molecule has 2 aromatic heterocycles. The Kier molecular flexibility index (Phi) is 3.88. The van der Waals surface area contributed by atoms with E-state index in [9.17, 15) is 8.42 Å². The first-order chi connectivity index (χ1) is 8.99. The second-order valence-corrected chi connectivity index (χ2v) is 5.83. The Labute approximate surface area is 110 Å². The maximum atomic E-state index is 11.5. The average molecular weight is 283 g/mol. The topological polar surface area (TPSA) is 101 Å². The fraction of sp³-hybridized carbons (Fsp3) is 0.300. The highest BCUT2D eigenvalue weighted by Crippen LogP contribution is 2.13. The van der Waals surface area contributed by atoms with Crippen molar-refractivity contribution < 1.29 is 12.9 Å². The molecule has 8 nitrogen and oxygen atoms in total. The van der Waals surface area contributed by atoms with Crippen molar-refractivity contribution in [2.24, 2.45) is 0 Å². The van der Waals surface area contributed by atoms with Gasteiger partial charge in [0.25, 0.3) is 10.2 Å². The number of aromatic nitrogens is 3. The van der Waals surface area contributed by atoms with Crippen molar-refractivity contribution in [3.8, 4) is 11.4 Å². The van der Waals surface area contributed by atoms with Crippen molar-refractivity contribution in [3.63, 3.8) is 0 Å². The Morgan fingerprint density at radius 1 is 1.42 bits per heavy atom. The number of nitrogens with one attached hydrogen (secondary N) is 1. The van der Waals surface area contributed by atoms with Gasteiger partial charge in [-0.1, -0.05) is 5.16 Å². The van der Waals surface area contributed by atoms with Crippen LogP contribution in [0.4, 0.5) is 0 Å². The summed E-state index contributed by atoms with van der Waals surface area (Å²) < 4.78 is 31.3. The quantitative estimate of drug-likeness (QED) is 0.830. The highest BCUT2D eigenvalue weighted by atomic mass is 32.2. The number of nitrogens with zero attached hydrogens (tertiary/aromatic N) is 4. The predicted octanol–water partition coefficient (Wildman–Crippen LogP) is 0.0276. The van der Waals surface area contributed by atoms with Gasteiger partial charge in [-0.2, -0.15) is 22.4 Å². The molecule has 0 aliphatic heterocycles. The van der Waals surface area contributed by atoms with Crippen LogP contribution in [0.25, 0.3) is 11.4 Å². The molecule has 2 aromatic rings. The minimum absolute atomic E-state index is 0.0617. The SMILES string of the molecule is CN(C)S(=O)(=O)NCc1nc(-c2cccnc2)no1. The smallest absolute Gasteiger partial charge is 0.279 e. The number of hydrogen-bond acceptors (Lipinski definition) is 6. The lowest BCUT2D eigenvalue weighted by Crippen LogP contribution is -2.35. The minimum atomic E-state index is -3.51. The molecule has 0 amide bonds. The molecule has 0 fully saturated rings. The number of pyridine rings is 1. The number of rotatable bonds is 5. The molecule has 102 valence electrons. The Morgan fingerprint density at radius 3 is 2.84 bits per heavy atom. The van der Waals surface area contributed by atoms with Crippen LogP contribution < -0.4 is 4.72 Å². The van der Waals surface area contributed by atoms with Crippen molar-refractivity contribution >= 4 is 10.2 Å². The van der Waals surface area contributed by atoms with E-state index in [1.807, 2.05) is 0 Å². The summed E-state index contributed by atoms with van der Waals surface area (Å²) in [5.41, 5.74) is 0.702. The molecule has 1 N–H and O–H groups in total. The van der Waals surface area contributed by atoms with Gasteiger partial charge in [0, 0.05) is 32.1 Å². The molecular weight excluding hydrogens is 270 g/mol. The van der Waals surface area contributed by atoms with Gasteiger partial charge in [-0.15, -0.1) is 0 Å². The molecule has 0 aliphatic rings. The van der Waals surface area contributed by atoms with Crippen LogP contribution >= 0.6 is 0 Å². The Morgan fingerprint density at radius 2 is 2.21 bits per heavy atom. The normalized spacial score (nSPS) is 11.9. The summed E-state index contributed by atoms with van der Waals surface area (Å²) in [7, 11) is -0.653. The molecular formula is C10H13N5O3S. The molecule has 0 aliphatic carbocycles. The highest BCUT2D eigenvalue weighted by Gasteiger charge is 2.15. The van der Waals surface area contributed by atoms with Crippen molar-refractivity contribution in [2.75, 3.05) is 14.1 Å². The summed E-state index contributed by atoms with van der Waals surface area (Å²) in [6.07, 6.45) is 3.23. The molecule has 0 aromatic carbocycles. The van der Waals surface area contributed by atoms with E-state index in [0.29, 0.717) is 11.4 Å². The van der Waals surface area contributed by atoms with Crippen LogP contribution in [0, 0.1) is 0 Å². The summed E-state index contributed by atoms with van der Waals surface area (Å²) in [5, 5.41) is 3.76. The maximum Gasteiger partial charge on any atom is 0.279 e. The summed E-state index contributed by atoms with van der Waals surface area (Å²) in [5.74, 6) is 0.552. The Hall–Kier alpha value is -1.84. The third-order valence-electron chi connectivity index (χ3n) is 2.27. The van der Waals surface area contributed by atoms with Gasteiger partial charge in [-0.3, -0.25) is 4.98 Å². The molecule has 0 spiro atoms. The van der Waals surface area contributed by atoms with Crippen LogP contribution in [0.1, 0.15) is 5.89 Å². The van der Waals surface area contributed by atoms with E-state index in [0.717, 1.165) is 4.31 Å². The lowest BCUT2D eigenvalue weighted by atomic mass is 10.3. The Bertz CT molecular complexity index is 638. The molecule has 2 rings (SSSR count). The minimum Gasteiger partial charge on any atom is -0.338 e. The summed E-state index contributed by atoms with van der Waals surface area (Å²) >= 11 is 0. The lowest BCUT2D eigenvalue weighted by molar-refractivity contribution is 0.374.